The van der Waals surface area contributed by atoms with E-state index in [2.05, 4.69) is 30.0 Å². The minimum atomic E-state index is -0.509. The minimum Gasteiger partial charge on any atom is -0.436 e. The standard InChI is InChI=1S/C20H27N3O3/c1-4-14-26-20(25)23-10-5-6-18(9-13-23)22-11-7-17(8-12-22)19(24)21-15-16(2)3/h1,5-6,9-10,13,16-17H,7-8,11-12,14-15H2,2-3H3,(H,21,24). The van der Waals surface area contributed by atoms with Crippen LogP contribution in [0, 0.1) is 24.2 Å². The summed E-state index contributed by atoms with van der Waals surface area (Å²) in [6.45, 7) is 6.48. The normalized spacial score (nSPS) is 17.5. The Kier molecular flexibility index (Phi) is 7.34. The van der Waals surface area contributed by atoms with Crippen LogP contribution in [0.25, 0.3) is 0 Å². The Hall–Kier alpha value is -2.68. The average Bonchev–Trinajstić information content (AvgIpc) is 2.90. The molecule has 2 heterocycles. The van der Waals surface area contributed by atoms with Crippen LogP contribution in [0.3, 0.4) is 0 Å². The summed E-state index contributed by atoms with van der Waals surface area (Å²) < 4.78 is 4.91. The van der Waals surface area contributed by atoms with Crippen molar-refractivity contribution in [3.8, 4) is 12.3 Å². The molecule has 0 bridgehead atoms. The van der Waals surface area contributed by atoms with Crippen molar-refractivity contribution < 1.29 is 14.3 Å². The number of carbonyl (C=O) groups excluding carboxylic acids is 2. The number of piperidine rings is 1. The molecule has 0 aromatic heterocycles. The molecule has 1 fully saturated rings. The molecule has 140 valence electrons. The van der Waals surface area contributed by atoms with Gasteiger partial charge < -0.3 is 15.0 Å². The maximum atomic E-state index is 12.2. The highest BCUT2D eigenvalue weighted by atomic mass is 16.6. The van der Waals surface area contributed by atoms with Gasteiger partial charge >= 0.3 is 6.09 Å². The predicted octanol–water partition coefficient (Wildman–Crippen LogP) is 2.47. The van der Waals surface area contributed by atoms with Gasteiger partial charge in [0.25, 0.3) is 0 Å². The second kappa shape index (κ2) is 9.71. The summed E-state index contributed by atoms with van der Waals surface area (Å²) in [6, 6.07) is 0. The SMILES string of the molecule is C#CCOC(=O)N1C=CC=C(N2CCC(C(=O)NCC(C)C)CC2)C=C1. The molecule has 1 saturated heterocycles. The Morgan fingerprint density at radius 3 is 2.73 bits per heavy atom. The molecule has 0 aliphatic carbocycles. The number of likely N-dealkylation sites (tertiary alicyclic amines) is 1. The number of amides is 2. The highest BCUT2D eigenvalue weighted by molar-refractivity contribution is 5.78. The molecule has 0 aromatic rings. The quantitative estimate of drug-likeness (QED) is 0.768. The van der Waals surface area contributed by atoms with Crippen molar-refractivity contribution in [1.82, 2.24) is 15.1 Å². The lowest BCUT2D eigenvalue weighted by molar-refractivity contribution is -0.126. The number of ether oxygens (including phenoxy) is 1. The molecule has 2 aliphatic heterocycles. The van der Waals surface area contributed by atoms with Crippen LogP contribution < -0.4 is 5.32 Å². The van der Waals surface area contributed by atoms with E-state index in [-0.39, 0.29) is 18.4 Å². The monoisotopic (exact) mass is 357 g/mol. The van der Waals surface area contributed by atoms with Gasteiger partial charge in [0, 0.05) is 43.6 Å². The fraction of sp³-hybridized carbons (Fsp3) is 0.500. The number of hydrogen-bond donors (Lipinski definition) is 1. The van der Waals surface area contributed by atoms with E-state index >= 15 is 0 Å². The van der Waals surface area contributed by atoms with E-state index in [9.17, 15) is 9.59 Å². The third-order valence-corrected chi connectivity index (χ3v) is 4.32. The molecule has 2 amide bonds. The number of carbonyl (C=O) groups is 2. The van der Waals surface area contributed by atoms with Gasteiger partial charge in [-0.2, -0.15) is 0 Å². The van der Waals surface area contributed by atoms with Gasteiger partial charge in [-0.05, 0) is 37.0 Å². The number of nitrogens with zero attached hydrogens (tertiary/aromatic N) is 2. The maximum Gasteiger partial charge on any atom is 0.418 e. The zero-order valence-electron chi connectivity index (χ0n) is 15.5. The summed E-state index contributed by atoms with van der Waals surface area (Å²) >= 11 is 0. The van der Waals surface area contributed by atoms with Crippen LogP contribution in [0.1, 0.15) is 26.7 Å². The first-order chi connectivity index (χ1) is 12.5. The first-order valence-electron chi connectivity index (χ1n) is 8.99. The Morgan fingerprint density at radius 2 is 2.08 bits per heavy atom. The summed E-state index contributed by atoms with van der Waals surface area (Å²) in [5.74, 6) is 2.96. The molecule has 6 nitrogen and oxygen atoms in total. The molecular formula is C20H27N3O3. The molecule has 0 saturated carbocycles. The van der Waals surface area contributed by atoms with E-state index in [4.69, 9.17) is 11.2 Å². The highest BCUT2D eigenvalue weighted by Crippen LogP contribution is 2.22. The molecule has 6 heteroatoms. The summed E-state index contributed by atoms with van der Waals surface area (Å²) in [5.41, 5.74) is 1.01. The largest absolute Gasteiger partial charge is 0.436 e. The highest BCUT2D eigenvalue weighted by Gasteiger charge is 2.25. The van der Waals surface area contributed by atoms with Crippen molar-refractivity contribution in [3.05, 3.63) is 36.3 Å². The van der Waals surface area contributed by atoms with Gasteiger partial charge in [0.2, 0.25) is 5.91 Å². The van der Waals surface area contributed by atoms with Crippen LogP contribution in [0.4, 0.5) is 4.79 Å². The fourth-order valence-electron chi connectivity index (χ4n) is 2.86. The van der Waals surface area contributed by atoms with Crippen molar-refractivity contribution in [2.45, 2.75) is 26.7 Å². The smallest absolute Gasteiger partial charge is 0.418 e. The molecule has 0 unspecified atom stereocenters. The van der Waals surface area contributed by atoms with Crippen molar-refractivity contribution in [2.75, 3.05) is 26.2 Å². The molecule has 1 N–H and O–H groups in total. The lowest BCUT2D eigenvalue weighted by Crippen LogP contribution is -2.40. The molecule has 0 radical (unpaired) electrons. The van der Waals surface area contributed by atoms with E-state index in [1.807, 2.05) is 12.2 Å². The summed E-state index contributed by atoms with van der Waals surface area (Å²) in [6.07, 6.45) is 15.2. The Balaban J connectivity index is 1.85. The van der Waals surface area contributed by atoms with Crippen molar-refractivity contribution in [3.63, 3.8) is 0 Å². The number of nitrogens with one attached hydrogen (secondary N) is 1. The Bertz CT molecular complexity index is 635. The number of rotatable bonds is 5. The van der Waals surface area contributed by atoms with E-state index in [1.54, 1.807) is 18.5 Å². The maximum absolute atomic E-state index is 12.2. The van der Waals surface area contributed by atoms with Crippen LogP contribution >= 0.6 is 0 Å². The Labute approximate surface area is 155 Å². The molecule has 0 spiro atoms. The van der Waals surface area contributed by atoms with Gasteiger partial charge in [-0.1, -0.05) is 19.8 Å². The number of hydrogen-bond acceptors (Lipinski definition) is 4. The van der Waals surface area contributed by atoms with Gasteiger partial charge in [-0.15, -0.1) is 6.42 Å². The zero-order valence-corrected chi connectivity index (χ0v) is 15.5. The van der Waals surface area contributed by atoms with Gasteiger partial charge in [0.1, 0.15) is 0 Å². The fourth-order valence-corrected chi connectivity index (χ4v) is 2.86. The van der Waals surface area contributed by atoms with E-state index in [0.717, 1.165) is 38.2 Å². The lowest BCUT2D eigenvalue weighted by atomic mass is 9.95. The van der Waals surface area contributed by atoms with Crippen molar-refractivity contribution >= 4 is 12.0 Å². The molecule has 26 heavy (non-hydrogen) atoms. The molecule has 2 aliphatic rings. The second-order valence-corrected chi connectivity index (χ2v) is 6.82. The average molecular weight is 357 g/mol. The van der Waals surface area contributed by atoms with Crippen LogP contribution in [-0.2, 0) is 9.53 Å². The predicted molar refractivity (Wildman–Crippen MR) is 101 cm³/mol. The van der Waals surface area contributed by atoms with Gasteiger partial charge in [-0.3, -0.25) is 9.69 Å². The molecule has 0 atom stereocenters. The van der Waals surface area contributed by atoms with Crippen molar-refractivity contribution in [2.24, 2.45) is 11.8 Å². The first-order valence-corrected chi connectivity index (χ1v) is 8.99. The molecular weight excluding hydrogens is 330 g/mol. The third-order valence-electron chi connectivity index (χ3n) is 4.32. The number of terminal acetylenes is 1. The van der Waals surface area contributed by atoms with Crippen LogP contribution in [0.2, 0.25) is 0 Å². The van der Waals surface area contributed by atoms with E-state index in [1.165, 1.54) is 4.90 Å². The third kappa shape index (κ3) is 5.69. The lowest BCUT2D eigenvalue weighted by Gasteiger charge is -2.33. The van der Waals surface area contributed by atoms with Gasteiger partial charge in [-0.25, -0.2) is 4.79 Å². The Morgan fingerprint density at radius 1 is 1.35 bits per heavy atom. The van der Waals surface area contributed by atoms with E-state index < -0.39 is 6.09 Å². The first kappa shape index (κ1) is 19.6. The minimum absolute atomic E-state index is 0.0519. The van der Waals surface area contributed by atoms with E-state index in [0.29, 0.717) is 5.92 Å². The van der Waals surface area contributed by atoms with Gasteiger partial charge in [0.15, 0.2) is 6.61 Å². The van der Waals surface area contributed by atoms with Crippen molar-refractivity contribution in [1.29, 1.82) is 0 Å². The summed E-state index contributed by atoms with van der Waals surface area (Å²) in [7, 11) is 0. The molecule has 2 rings (SSSR count). The number of allylic oxidation sites excluding steroid dienone is 3. The summed E-state index contributed by atoms with van der Waals surface area (Å²) in [4.78, 5) is 27.6. The van der Waals surface area contributed by atoms with Gasteiger partial charge in [0.05, 0.1) is 0 Å². The topological polar surface area (TPSA) is 61.9 Å². The van der Waals surface area contributed by atoms with Crippen LogP contribution in [0.5, 0.6) is 0 Å². The molecule has 0 aromatic carbocycles. The second-order valence-electron chi connectivity index (χ2n) is 6.82. The van der Waals surface area contributed by atoms with Crippen LogP contribution in [-0.4, -0.2) is 48.0 Å². The van der Waals surface area contributed by atoms with Crippen LogP contribution in [0.15, 0.2) is 36.3 Å². The zero-order chi connectivity index (χ0) is 18.9. The summed E-state index contributed by atoms with van der Waals surface area (Å²) in [5, 5.41) is 3.02.